The first kappa shape index (κ1) is 17.9. The summed E-state index contributed by atoms with van der Waals surface area (Å²) in [6.07, 6.45) is 0.296. The van der Waals surface area contributed by atoms with Crippen LogP contribution in [0.15, 0.2) is 27.6 Å². The fraction of sp³-hybridized carbons (Fsp3) is 0.462. The van der Waals surface area contributed by atoms with Gasteiger partial charge in [-0.3, -0.25) is 4.79 Å². The first-order chi connectivity index (χ1) is 9.72. The average molecular weight is 380 g/mol. The first-order valence-electron chi connectivity index (χ1n) is 6.33. The molecule has 0 atom stereocenters. The van der Waals surface area contributed by atoms with Crippen molar-refractivity contribution in [2.75, 3.05) is 7.11 Å². The summed E-state index contributed by atoms with van der Waals surface area (Å²) in [5.74, 6) is -0.701. The van der Waals surface area contributed by atoms with Gasteiger partial charge in [0.15, 0.2) is 0 Å². The number of sulfonamides is 1. The van der Waals surface area contributed by atoms with Crippen LogP contribution in [0, 0.1) is 0 Å². The fourth-order valence-corrected chi connectivity index (χ4v) is 4.09. The minimum Gasteiger partial charge on any atom is -0.496 e. The molecule has 118 valence electrons. The third kappa shape index (κ3) is 3.75. The lowest BCUT2D eigenvalue weighted by molar-refractivity contribution is -0.144. The van der Waals surface area contributed by atoms with Gasteiger partial charge in [0.25, 0.3) is 0 Å². The number of carboxylic acids is 1. The van der Waals surface area contributed by atoms with Crippen LogP contribution in [0.5, 0.6) is 5.75 Å². The van der Waals surface area contributed by atoms with E-state index in [0.29, 0.717) is 10.2 Å². The van der Waals surface area contributed by atoms with Crippen molar-refractivity contribution in [2.24, 2.45) is 0 Å². The molecule has 21 heavy (non-hydrogen) atoms. The van der Waals surface area contributed by atoms with Crippen LogP contribution in [-0.4, -0.2) is 32.1 Å². The molecule has 1 aromatic rings. The van der Waals surface area contributed by atoms with Gasteiger partial charge in [0.05, 0.1) is 16.5 Å². The number of nitrogens with one attached hydrogen (secondary N) is 1. The molecule has 1 rings (SSSR count). The van der Waals surface area contributed by atoms with Crippen LogP contribution in [0.1, 0.15) is 26.7 Å². The quantitative estimate of drug-likeness (QED) is 0.758. The van der Waals surface area contributed by atoms with Gasteiger partial charge >= 0.3 is 5.97 Å². The van der Waals surface area contributed by atoms with Crippen LogP contribution in [0.2, 0.25) is 0 Å². The summed E-state index contributed by atoms with van der Waals surface area (Å²) in [5, 5.41) is 9.31. The summed E-state index contributed by atoms with van der Waals surface area (Å²) in [7, 11) is -2.48. The average Bonchev–Trinajstić information content (AvgIpc) is 2.44. The Labute approximate surface area is 132 Å². The van der Waals surface area contributed by atoms with Gasteiger partial charge in [0.2, 0.25) is 10.0 Å². The number of rotatable bonds is 7. The van der Waals surface area contributed by atoms with Crippen molar-refractivity contribution in [3.05, 3.63) is 22.7 Å². The summed E-state index contributed by atoms with van der Waals surface area (Å²) < 4.78 is 32.6. The second kappa shape index (κ2) is 6.76. The van der Waals surface area contributed by atoms with Crippen molar-refractivity contribution in [1.29, 1.82) is 0 Å². The third-order valence-corrected chi connectivity index (χ3v) is 5.53. The largest absolute Gasteiger partial charge is 0.496 e. The maximum atomic E-state index is 12.4. The SMILES string of the molecule is CCC(CC)(NS(=O)(=O)c1ccc(OC)c(Br)c1)C(=O)O. The van der Waals surface area contributed by atoms with Gasteiger partial charge in [-0.25, -0.2) is 8.42 Å². The molecule has 0 saturated carbocycles. The van der Waals surface area contributed by atoms with Gasteiger partial charge in [0, 0.05) is 0 Å². The Bertz CT molecular complexity index is 625. The van der Waals surface area contributed by atoms with E-state index in [4.69, 9.17) is 4.74 Å². The second-order valence-corrected chi connectivity index (χ2v) is 7.03. The van der Waals surface area contributed by atoms with Gasteiger partial charge in [0.1, 0.15) is 11.3 Å². The zero-order valence-electron chi connectivity index (χ0n) is 12.0. The molecule has 0 amide bonds. The Hall–Kier alpha value is -1.12. The molecule has 0 spiro atoms. The zero-order chi connectivity index (χ0) is 16.3. The van der Waals surface area contributed by atoms with E-state index in [0.717, 1.165) is 0 Å². The highest BCUT2D eigenvalue weighted by molar-refractivity contribution is 9.10. The molecular formula is C13H18BrNO5S. The minimum absolute atomic E-state index is 0.0253. The van der Waals surface area contributed by atoms with Gasteiger partial charge in [-0.15, -0.1) is 0 Å². The number of methoxy groups -OCH3 is 1. The molecule has 0 heterocycles. The standard InChI is InChI=1S/C13H18BrNO5S/c1-4-13(5-2,12(16)17)15-21(18,19)9-6-7-11(20-3)10(14)8-9/h6-8,15H,4-5H2,1-3H3,(H,16,17). The van der Waals surface area contributed by atoms with E-state index in [1.165, 1.54) is 25.3 Å². The third-order valence-electron chi connectivity index (χ3n) is 3.38. The van der Waals surface area contributed by atoms with E-state index < -0.39 is 21.5 Å². The highest BCUT2D eigenvalue weighted by atomic mass is 79.9. The molecule has 0 saturated heterocycles. The van der Waals surface area contributed by atoms with Crippen molar-refractivity contribution in [1.82, 2.24) is 4.72 Å². The highest BCUT2D eigenvalue weighted by Gasteiger charge is 2.39. The summed E-state index contributed by atoms with van der Waals surface area (Å²) in [6.45, 7) is 3.26. The molecule has 6 nitrogen and oxygen atoms in total. The molecule has 0 aliphatic carbocycles. The molecule has 8 heteroatoms. The number of carbonyl (C=O) groups is 1. The predicted octanol–water partition coefficient (Wildman–Crippen LogP) is 2.38. The molecule has 0 aromatic heterocycles. The van der Waals surface area contributed by atoms with E-state index in [1.54, 1.807) is 13.8 Å². The Morgan fingerprint density at radius 3 is 2.33 bits per heavy atom. The van der Waals surface area contributed by atoms with Crippen LogP contribution in [0.3, 0.4) is 0 Å². The lowest BCUT2D eigenvalue weighted by atomic mass is 9.95. The van der Waals surface area contributed by atoms with Gasteiger partial charge in [-0.05, 0) is 47.0 Å². The van der Waals surface area contributed by atoms with Crippen LogP contribution >= 0.6 is 15.9 Å². The molecule has 0 aliphatic rings. The van der Waals surface area contributed by atoms with Crippen molar-refractivity contribution in [3.63, 3.8) is 0 Å². The molecule has 1 aromatic carbocycles. The number of halogens is 1. The van der Waals surface area contributed by atoms with Crippen molar-refractivity contribution in [3.8, 4) is 5.75 Å². The lowest BCUT2D eigenvalue weighted by Gasteiger charge is -2.27. The van der Waals surface area contributed by atoms with Crippen LogP contribution < -0.4 is 9.46 Å². The summed E-state index contributed by atoms with van der Waals surface area (Å²) in [4.78, 5) is 11.4. The number of ether oxygens (including phenoxy) is 1. The van der Waals surface area contributed by atoms with Crippen LogP contribution in [0.25, 0.3) is 0 Å². The lowest BCUT2D eigenvalue weighted by Crippen LogP contribution is -2.53. The van der Waals surface area contributed by atoms with Gasteiger partial charge in [-0.2, -0.15) is 4.72 Å². The first-order valence-corrected chi connectivity index (χ1v) is 8.61. The number of carboxylic acid groups (broad SMARTS) is 1. The Morgan fingerprint density at radius 1 is 1.38 bits per heavy atom. The van der Waals surface area contributed by atoms with E-state index in [9.17, 15) is 18.3 Å². The Morgan fingerprint density at radius 2 is 1.95 bits per heavy atom. The maximum absolute atomic E-state index is 12.4. The molecule has 0 fully saturated rings. The second-order valence-electron chi connectivity index (χ2n) is 4.50. The molecule has 2 N–H and O–H groups in total. The van der Waals surface area contributed by atoms with E-state index >= 15 is 0 Å². The van der Waals surface area contributed by atoms with Crippen molar-refractivity contribution in [2.45, 2.75) is 37.1 Å². The van der Waals surface area contributed by atoms with Crippen LogP contribution in [0.4, 0.5) is 0 Å². The smallest absolute Gasteiger partial charge is 0.324 e. The topological polar surface area (TPSA) is 92.7 Å². The molecular weight excluding hydrogens is 362 g/mol. The number of hydrogen-bond acceptors (Lipinski definition) is 4. The van der Waals surface area contributed by atoms with Crippen LogP contribution in [-0.2, 0) is 14.8 Å². The molecule has 0 radical (unpaired) electrons. The fourth-order valence-electron chi connectivity index (χ4n) is 1.87. The monoisotopic (exact) mass is 379 g/mol. The molecule has 0 unspecified atom stereocenters. The van der Waals surface area contributed by atoms with Crippen molar-refractivity contribution < 1.29 is 23.1 Å². The number of hydrogen-bond donors (Lipinski definition) is 2. The highest BCUT2D eigenvalue weighted by Crippen LogP contribution is 2.28. The summed E-state index contributed by atoms with van der Waals surface area (Å²) in [5.41, 5.74) is -1.51. The predicted molar refractivity (Wildman–Crippen MR) is 82.0 cm³/mol. The Balaban J connectivity index is 3.22. The van der Waals surface area contributed by atoms with Gasteiger partial charge in [-0.1, -0.05) is 13.8 Å². The zero-order valence-corrected chi connectivity index (χ0v) is 14.4. The molecule has 0 bridgehead atoms. The van der Waals surface area contributed by atoms with E-state index in [-0.39, 0.29) is 17.7 Å². The van der Waals surface area contributed by atoms with Gasteiger partial charge < -0.3 is 9.84 Å². The Kier molecular flexibility index (Phi) is 5.77. The number of benzene rings is 1. The maximum Gasteiger partial charge on any atom is 0.324 e. The molecule has 0 aliphatic heterocycles. The summed E-state index contributed by atoms with van der Waals surface area (Å²) >= 11 is 3.21. The minimum atomic E-state index is -3.95. The normalized spacial score (nSPS) is 12.2. The van der Waals surface area contributed by atoms with E-state index in [2.05, 4.69) is 20.7 Å². The van der Waals surface area contributed by atoms with E-state index in [1.807, 2.05) is 0 Å². The number of aliphatic carboxylic acids is 1. The summed E-state index contributed by atoms with van der Waals surface area (Å²) in [6, 6.07) is 4.24. The van der Waals surface area contributed by atoms with Crippen molar-refractivity contribution >= 4 is 31.9 Å².